The number of carbonyl (C=O) groups excluding carboxylic acids is 1. The van der Waals surface area contributed by atoms with Crippen molar-refractivity contribution in [2.75, 3.05) is 6.61 Å². The van der Waals surface area contributed by atoms with Crippen molar-refractivity contribution in [2.45, 2.75) is 33.0 Å². The Balaban J connectivity index is 2.00. The SMILES string of the molecule is Cc1noc(C)c1C(=O)N[C@@H](C)COc1ccccc1C(F)(F)F. The molecule has 0 fully saturated rings. The fourth-order valence-electron chi connectivity index (χ4n) is 2.19. The lowest BCUT2D eigenvalue weighted by molar-refractivity contribution is -0.139. The molecule has 0 radical (unpaired) electrons. The summed E-state index contributed by atoms with van der Waals surface area (Å²) >= 11 is 0. The number of nitrogens with zero attached hydrogens (tertiary/aromatic N) is 1. The van der Waals surface area contributed by atoms with E-state index >= 15 is 0 Å². The molecule has 0 aliphatic heterocycles. The van der Waals surface area contributed by atoms with Gasteiger partial charge >= 0.3 is 6.18 Å². The molecule has 1 aromatic heterocycles. The number of aromatic nitrogens is 1. The highest BCUT2D eigenvalue weighted by atomic mass is 19.4. The van der Waals surface area contributed by atoms with Gasteiger partial charge < -0.3 is 14.6 Å². The lowest BCUT2D eigenvalue weighted by atomic mass is 10.2. The maximum atomic E-state index is 12.9. The van der Waals surface area contributed by atoms with Crippen molar-refractivity contribution in [3.63, 3.8) is 0 Å². The molecule has 1 amide bonds. The molecule has 0 saturated heterocycles. The van der Waals surface area contributed by atoms with Gasteiger partial charge in [-0.15, -0.1) is 0 Å². The van der Waals surface area contributed by atoms with Gasteiger partial charge in [0.25, 0.3) is 5.91 Å². The molecule has 5 nitrogen and oxygen atoms in total. The fraction of sp³-hybridized carbons (Fsp3) is 0.375. The zero-order valence-corrected chi connectivity index (χ0v) is 13.4. The van der Waals surface area contributed by atoms with Crippen molar-refractivity contribution in [1.29, 1.82) is 0 Å². The van der Waals surface area contributed by atoms with Crippen LogP contribution in [0.15, 0.2) is 28.8 Å². The molecule has 2 aromatic rings. The molecular formula is C16H17F3N2O3. The van der Waals surface area contributed by atoms with Crippen LogP contribution in [0.2, 0.25) is 0 Å². The molecule has 0 aliphatic rings. The predicted octanol–water partition coefficient (Wildman–Crippen LogP) is 3.51. The number of ether oxygens (including phenoxy) is 1. The second kappa shape index (κ2) is 6.94. The van der Waals surface area contributed by atoms with E-state index in [9.17, 15) is 18.0 Å². The summed E-state index contributed by atoms with van der Waals surface area (Å²) in [6.07, 6.45) is -4.50. The van der Waals surface area contributed by atoms with Gasteiger partial charge in [-0.25, -0.2) is 0 Å². The van der Waals surface area contributed by atoms with Crippen LogP contribution in [0.4, 0.5) is 13.2 Å². The average Bonchev–Trinajstić information content (AvgIpc) is 2.83. The highest BCUT2D eigenvalue weighted by molar-refractivity contribution is 5.96. The van der Waals surface area contributed by atoms with E-state index in [-0.39, 0.29) is 12.4 Å². The Morgan fingerprint density at radius 2 is 2.00 bits per heavy atom. The Morgan fingerprint density at radius 1 is 1.33 bits per heavy atom. The second-order valence-electron chi connectivity index (χ2n) is 5.38. The van der Waals surface area contributed by atoms with Gasteiger partial charge in [-0.05, 0) is 32.9 Å². The van der Waals surface area contributed by atoms with E-state index in [1.165, 1.54) is 18.2 Å². The molecule has 0 aliphatic carbocycles. The van der Waals surface area contributed by atoms with Gasteiger partial charge in [0.15, 0.2) is 0 Å². The van der Waals surface area contributed by atoms with Crippen molar-refractivity contribution < 1.29 is 27.2 Å². The quantitative estimate of drug-likeness (QED) is 0.903. The van der Waals surface area contributed by atoms with Crippen LogP contribution in [-0.4, -0.2) is 23.7 Å². The molecular weight excluding hydrogens is 325 g/mol. The van der Waals surface area contributed by atoms with Gasteiger partial charge in [-0.3, -0.25) is 4.79 Å². The summed E-state index contributed by atoms with van der Waals surface area (Å²) in [7, 11) is 0. The normalized spacial score (nSPS) is 12.8. The standard InChI is InChI=1S/C16H17F3N2O3/c1-9(20-15(22)14-10(2)21-24-11(14)3)8-23-13-7-5-4-6-12(13)16(17,18)19/h4-7,9H,8H2,1-3H3,(H,20,22)/t9-/m0/s1. The third kappa shape index (κ3) is 4.06. The number of rotatable bonds is 5. The summed E-state index contributed by atoms with van der Waals surface area (Å²) in [6.45, 7) is 4.76. The number of halogens is 3. The van der Waals surface area contributed by atoms with Crippen LogP contribution >= 0.6 is 0 Å². The Morgan fingerprint density at radius 3 is 2.58 bits per heavy atom. The number of carbonyl (C=O) groups is 1. The van der Waals surface area contributed by atoms with Crippen LogP contribution in [0, 0.1) is 13.8 Å². The van der Waals surface area contributed by atoms with Gasteiger partial charge in [0, 0.05) is 0 Å². The van der Waals surface area contributed by atoms with Gasteiger partial charge in [0.1, 0.15) is 23.7 Å². The van der Waals surface area contributed by atoms with E-state index in [1.54, 1.807) is 20.8 Å². The van der Waals surface area contributed by atoms with Gasteiger partial charge in [0.2, 0.25) is 0 Å². The summed E-state index contributed by atoms with van der Waals surface area (Å²) < 4.78 is 48.8. The second-order valence-corrected chi connectivity index (χ2v) is 5.38. The maximum absolute atomic E-state index is 12.9. The summed E-state index contributed by atoms with van der Waals surface area (Å²) in [5, 5.41) is 6.33. The molecule has 1 heterocycles. The van der Waals surface area contributed by atoms with Crippen molar-refractivity contribution in [1.82, 2.24) is 10.5 Å². The monoisotopic (exact) mass is 342 g/mol. The zero-order chi connectivity index (χ0) is 17.9. The highest BCUT2D eigenvalue weighted by Gasteiger charge is 2.34. The minimum Gasteiger partial charge on any atom is -0.491 e. The first-order chi connectivity index (χ1) is 11.2. The average molecular weight is 342 g/mol. The Bertz CT molecular complexity index is 706. The molecule has 1 N–H and O–H groups in total. The number of alkyl halides is 3. The Hall–Kier alpha value is -2.51. The minimum absolute atomic E-state index is 0.109. The van der Waals surface area contributed by atoms with E-state index in [0.29, 0.717) is 17.0 Å². The summed E-state index contributed by atoms with van der Waals surface area (Å²) in [6, 6.07) is 4.43. The molecule has 0 saturated carbocycles. The van der Waals surface area contributed by atoms with E-state index < -0.39 is 23.7 Å². The molecule has 0 spiro atoms. The van der Waals surface area contributed by atoms with Gasteiger partial charge in [-0.2, -0.15) is 13.2 Å². The first-order valence-corrected chi connectivity index (χ1v) is 7.23. The molecule has 24 heavy (non-hydrogen) atoms. The smallest absolute Gasteiger partial charge is 0.419 e. The highest BCUT2D eigenvalue weighted by Crippen LogP contribution is 2.35. The number of para-hydroxylation sites is 1. The molecule has 8 heteroatoms. The van der Waals surface area contributed by atoms with Gasteiger partial charge in [0.05, 0.1) is 17.3 Å². The number of amides is 1. The Kier molecular flexibility index (Phi) is 5.16. The zero-order valence-electron chi connectivity index (χ0n) is 13.4. The topological polar surface area (TPSA) is 64.4 Å². The molecule has 1 aromatic carbocycles. The number of nitrogens with one attached hydrogen (secondary N) is 1. The summed E-state index contributed by atoms with van der Waals surface area (Å²) in [5.74, 6) is -0.310. The number of aryl methyl sites for hydroxylation is 2. The van der Waals surface area contributed by atoms with Crippen LogP contribution in [0.3, 0.4) is 0 Å². The minimum atomic E-state index is -4.50. The molecule has 0 bridgehead atoms. The molecule has 2 rings (SSSR count). The number of benzene rings is 1. The summed E-state index contributed by atoms with van der Waals surface area (Å²) in [4.78, 5) is 12.1. The van der Waals surface area contributed by atoms with Gasteiger partial charge in [-0.1, -0.05) is 17.3 Å². The fourth-order valence-corrected chi connectivity index (χ4v) is 2.19. The molecule has 0 unspecified atom stereocenters. The molecule has 130 valence electrons. The first-order valence-electron chi connectivity index (χ1n) is 7.23. The van der Waals surface area contributed by atoms with E-state index in [1.807, 2.05) is 0 Å². The van der Waals surface area contributed by atoms with Crippen molar-refractivity contribution in [3.05, 3.63) is 46.8 Å². The maximum Gasteiger partial charge on any atom is 0.419 e. The van der Waals surface area contributed by atoms with E-state index in [4.69, 9.17) is 9.26 Å². The van der Waals surface area contributed by atoms with Crippen molar-refractivity contribution in [3.8, 4) is 5.75 Å². The first kappa shape index (κ1) is 17.8. The lowest BCUT2D eigenvalue weighted by Crippen LogP contribution is -2.37. The predicted molar refractivity (Wildman–Crippen MR) is 79.8 cm³/mol. The third-order valence-corrected chi connectivity index (χ3v) is 3.32. The molecule has 1 atom stereocenters. The summed E-state index contributed by atoms with van der Waals surface area (Å²) in [5.41, 5.74) is -0.0904. The van der Waals surface area contributed by atoms with Crippen molar-refractivity contribution in [2.24, 2.45) is 0 Å². The van der Waals surface area contributed by atoms with Crippen LogP contribution < -0.4 is 10.1 Å². The largest absolute Gasteiger partial charge is 0.491 e. The Labute approximate surface area is 136 Å². The third-order valence-electron chi connectivity index (χ3n) is 3.32. The van der Waals surface area contributed by atoms with E-state index in [0.717, 1.165) is 6.07 Å². The number of hydrogen-bond donors (Lipinski definition) is 1. The van der Waals surface area contributed by atoms with E-state index in [2.05, 4.69) is 10.5 Å². The lowest BCUT2D eigenvalue weighted by Gasteiger charge is -2.17. The number of hydrogen-bond acceptors (Lipinski definition) is 4. The van der Waals surface area contributed by atoms with Crippen molar-refractivity contribution >= 4 is 5.91 Å². The van der Waals surface area contributed by atoms with Crippen LogP contribution in [-0.2, 0) is 6.18 Å². The van der Waals surface area contributed by atoms with Crippen LogP contribution in [0.1, 0.15) is 34.3 Å². The van der Waals surface area contributed by atoms with Crippen LogP contribution in [0.5, 0.6) is 5.75 Å². The van der Waals surface area contributed by atoms with Crippen LogP contribution in [0.25, 0.3) is 0 Å².